The standard InChI is InChI=1S/C20H20N4O3S/c1-3-27-19(26)13-9-10-16-17(13)21-20(28-16)22-18(25)15-11-14(23-24(15)2)12-7-5-4-6-8-12/h4-8,11,13H,3,9-10H2,1-2H3,(H,21,22,25). The number of carbonyl (C=O) groups excluding carboxylic acids is 2. The van der Waals surface area contributed by atoms with Gasteiger partial charge in [-0.2, -0.15) is 5.10 Å². The van der Waals surface area contributed by atoms with Crippen molar-refractivity contribution in [3.05, 3.63) is 52.7 Å². The van der Waals surface area contributed by atoms with Crippen molar-refractivity contribution < 1.29 is 14.3 Å². The molecule has 1 amide bonds. The van der Waals surface area contributed by atoms with E-state index in [0.29, 0.717) is 23.9 Å². The van der Waals surface area contributed by atoms with Crippen LogP contribution in [0.25, 0.3) is 11.3 Å². The molecule has 2 heterocycles. The average Bonchev–Trinajstić information content (AvgIpc) is 3.36. The summed E-state index contributed by atoms with van der Waals surface area (Å²) in [4.78, 5) is 30.3. The third-order valence-corrected chi connectivity index (χ3v) is 5.74. The second-order valence-corrected chi connectivity index (χ2v) is 7.61. The Morgan fingerprint density at radius 3 is 2.86 bits per heavy atom. The number of rotatable bonds is 5. The molecule has 1 aliphatic rings. The van der Waals surface area contributed by atoms with Crippen LogP contribution < -0.4 is 5.32 Å². The Hall–Kier alpha value is -3.00. The number of nitrogens with one attached hydrogen (secondary N) is 1. The van der Waals surface area contributed by atoms with Gasteiger partial charge < -0.3 is 4.74 Å². The first kappa shape index (κ1) is 18.4. The number of anilines is 1. The molecular weight excluding hydrogens is 376 g/mol. The summed E-state index contributed by atoms with van der Waals surface area (Å²) in [6, 6.07) is 11.5. The Balaban J connectivity index is 1.52. The van der Waals surface area contributed by atoms with Crippen molar-refractivity contribution in [3.63, 3.8) is 0 Å². The molecule has 1 aliphatic carbocycles. The fourth-order valence-electron chi connectivity index (χ4n) is 3.34. The van der Waals surface area contributed by atoms with Crippen LogP contribution in [0.5, 0.6) is 0 Å². The lowest BCUT2D eigenvalue weighted by Crippen LogP contribution is -2.17. The summed E-state index contributed by atoms with van der Waals surface area (Å²) in [5.41, 5.74) is 2.85. The lowest BCUT2D eigenvalue weighted by molar-refractivity contribution is -0.145. The first-order valence-electron chi connectivity index (χ1n) is 9.14. The van der Waals surface area contributed by atoms with E-state index in [9.17, 15) is 9.59 Å². The SMILES string of the molecule is CCOC(=O)C1CCc2sc(NC(=O)c3cc(-c4ccccc4)nn3C)nc21. The van der Waals surface area contributed by atoms with E-state index in [1.54, 1.807) is 24.7 Å². The molecule has 0 fully saturated rings. The second-order valence-electron chi connectivity index (χ2n) is 6.53. The average molecular weight is 396 g/mol. The fraction of sp³-hybridized carbons (Fsp3) is 0.300. The minimum atomic E-state index is -0.335. The molecule has 4 rings (SSSR count). The number of hydrogen-bond acceptors (Lipinski definition) is 6. The maximum atomic E-state index is 12.7. The molecule has 0 spiro atoms. The first-order valence-corrected chi connectivity index (χ1v) is 9.95. The van der Waals surface area contributed by atoms with Gasteiger partial charge in [-0.25, -0.2) is 4.98 Å². The molecule has 3 aromatic rings. The molecule has 0 aliphatic heterocycles. The number of esters is 1. The van der Waals surface area contributed by atoms with Crippen LogP contribution in [0.2, 0.25) is 0 Å². The van der Waals surface area contributed by atoms with Gasteiger partial charge in [-0.05, 0) is 25.8 Å². The lowest BCUT2D eigenvalue weighted by Gasteiger charge is -2.08. The Bertz CT molecular complexity index is 1030. The zero-order chi connectivity index (χ0) is 19.7. The minimum absolute atomic E-state index is 0.247. The van der Waals surface area contributed by atoms with Gasteiger partial charge in [0.25, 0.3) is 5.91 Å². The molecule has 0 saturated heterocycles. The van der Waals surface area contributed by atoms with E-state index in [1.807, 2.05) is 30.3 Å². The van der Waals surface area contributed by atoms with Crippen molar-refractivity contribution >= 4 is 28.3 Å². The molecule has 0 saturated carbocycles. The maximum absolute atomic E-state index is 12.7. The number of carbonyl (C=O) groups is 2. The minimum Gasteiger partial charge on any atom is -0.465 e. The largest absolute Gasteiger partial charge is 0.465 e. The highest BCUT2D eigenvalue weighted by molar-refractivity contribution is 7.16. The van der Waals surface area contributed by atoms with Gasteiger partial charge in [0, 0.05) is 17.5 Å². The highest BCUT2D eigenvalue weighted by Gasteiger charge is 2.34. The molecule has 0 radical (unpaired) electrons. The molecule has 1 unspecified atom stereocenters. The Labute approximate surface area is 166 Å². The van der Waals surface area contributed by atoms with Crippen LogP contribution in [0.15, 0.2) is 36.4 Å². The molecule has 8 heteroatoms. The Kier molecular flexibility index (Phi) is 4.95. The molecule has 1 aromatic carbocycles. The van der Waals surface area contributed by atoms with Gasteiger partial charge in [0.15, 0.2) is 5.13 Å². The molecular formula is C20H20N4O3S. The molecule has 1 atom stereocenters. The van der Waals surface area contributed by atoms with Crippen molar-refractivity contribution in [1.29, 1.82) is 0 Å². The van der Waals surface area contributed by atoms with E-state index in [4.69, 9.17) is 4.74 Å². The third kappa shape index (κ3) is 3.43. The summed E-state index contributed by atoms with van der Waals surface area (Å²) in [5, 5.41) is 7.76. The zero-order valence-corrected chi connectivity index (χ0v) is 16.5. The van der Waals surface area contributed by atoms with Crippen LogP contribution in [-0.2, 0) is 23.0 Å². The monoisotopic (exact) mass is 396 g/mol. The smallest absolute Gasteiger partial charge is 0.315 e. The Morgan fingerprint density at radius 1 is 1.32 bits per heavy atom. The number of thiazole rings is 1. The predicted octanol–water partition coefficient (Wildman–Crippen LogP) is 3.39. The van der Waals surface area contributed by atoms with Crippen LogP contribution in [0.4, 0.5) is 5.13 Å². The van der Waals surface area contributed by atoms with E-state index in [1.165, 1.54) is 11.3 Å². The molecule has 1 N–H and O–H groups in total. The Morgan fingerprint density at radius 2 is 2.11 bits per heavy atom. The van der Waals surface area contributed by atoms with Crippen LogP contribution in [0.3, 0.4) is 0 Å². The van der Waals surface area contributed by atoms with Gasteiger partial charge in [0.1, 0.15) is 11.6 Å². The second kappa shape index (κ2) is 7.55. The van der Waals surface area contributed by atoms with Crippen molar-refractivity contribution in [2.24, 2.45) is 7.05 Å². The van der Waals surface area contributed by atoms with Crippen molar-refractivity contribution in [2.75, 3.05) is 11.9 Å². The molecule has 2 aromatic heterocycles. The van der Waals surface area contributed by atoms with Gasteiger partial charge in [-0.3, -0.25) is 19.6 Å². The van der Waals surface area contributed by atoms with E-state index in [-0.39, 0.29) is 17.8 Å². The summed E-state index contributed by atoms with van der Waals surface area (Å²) in [7, 11) is 1.74. The van der Waals surface area contributed by atoms with Crippen LogP contribution in [-0.4, -0.2) is 33.2 Å². The van der Waals surface area contributed by atoms with Crippen LogP contribution >= 0.6 is 11.3 Å². The molecule has 144 valence electrons. The van der Waals surface area contributed by atoms with Crippen LogP contribution in [0.1, 0.15) is 40.3 Å². The zero-order valence-electron chi connectivity index (χ0n) is 15.6. The van der Waals surface area contributed by atoms with Crippen molar-refractivity contribution in [3.8, 4) is 11.3 Å². The highest BCUT2D eigenvalue weighted by Crippen LogP contribution is 2.39. The fourth-order valence-corrected chi connectivity index (χ4v) is 4.38. The van der Waals surface area contributed by atoms with E-state index in [2.05, 4.69) is 15.4 Å². The van der Waals surface area contributed by atoms with E-state index < -0.39 is 0 Å². The van der Waals surface area contributed by atoms with Gasteiger partial charge in [-0.15, -0.1) is 11.3 Å². The summed E-state index contributed by atoms with van der Waals surface area (Å²) in [5.74, 6) is -0.862. The number of fused-ring (bicyclic) bond motifs is 1. The number of benzene rings is 1. The van der Waals surface area contributed by atoms with Crippen molar-refractivity contribution in [1.82, 2.24) is 14.8 Å². The van der Waals surface area contributed by atoms with Gasteiger partial charge in [0.2, 0.25) is 0 Å². The van der Waals surface area contributed by atoms with Gasteiger partial charge in [0.05, 0.1) is 18.0 Å². The summed E-state index contributed by atoms with van der Waals surface area (Å²) in [6.45, 7) is 2.14. The van der Waals surface area contributed by atoms with E-state index >= 15 is 0 Å². The number of ether oxygens (including phenoxy) is 1. The van der Waals surface area contributed by atoms with Crippen LogP contribution in [0, 0.1) is 0 Å². The highest BCUT2D eigenvalue weighted by atomic mass is 32.1. The molecule has 28 heavy (non-hydrogen) atoms. The summed E-state index contributed by atoms with van der Waals surface area (Å²) in [6.07, 6.45) is 1.49. The predicted molar refractivity (Wildman–Crippen MR) is 106 cm³/mol. The number of amides is 1. The quantitative estimate of drug-likeness (QED) is 0.668. The van der Waals surface area contributed by atoms with E-state index in [0.717, 1.165) is 28.2 Å². The van der Waals surface area contributed by atoms with Gasteiger partial charge in [-0.1, -0.05) is 30.3 Å². The summed E-state index contributed by atoms with van der Waals surface area (Å²) >= 11 is 1.41. The topological polar surface area (TPSA) is 86.1 Å². The number of aryl methyl sites for hydroxylation is 2. The summed E-state index contributed by atoms with van der Waals surface area (Å²) < 4.78 is 6.69. The molecule has 0 bridgehead atoms. The number of aromatic nitrogens is 3. The van der Waals surface area contributed by atoms with Gasteiger partial charge >= 0.3 is 5.97 Å². The normalized spacial score (nSPS) is 15.3. The number of nitrogens with zero attached hydrogens (tertiary/aromatic N) is 3. The molecule has 7 nitrogen and oxygen atoms in total. The lowest BCUT2D eigenvalue weighted by atomic mass is 10.1. The van der Waals surface area contributed by atoms with Crippen molar-refractivity contribution in [2.45, 2.75) is 25.7 Å². The number of hydrogen-bond donors (Lipinski definition) is 1. The third-order valence-electron chi connectivity index (χ3n) is 4.69. The maximum Gasteiger partial charge on any atom is 0.315 e. The first-order chi connectivity index (χ1) is 13.6.